The zero-order valence-electron chi connectivity index (χ0n) is 6.73. The summed E-state index contributed by atoms with van der Waals surface area (Å²) in [5.74, 6) is 0.629. The van der Waals surface area contributed by atoms with Crippen molar-refractivity contribution in [3.05, 3.63) is 12.4 Å². The van der Waals surface area contributed by atoms with E-state index in [0.29, 0.717) is 5.92 Å². The minimum atomic E-state index is 0.629. The maximum Gasteiger partial charge on any atom is 0.0692 e. The van der Waals surface area contributed by atoms with Crippen LogP contribution in [0.2, 0.25) is 0 Å². The van der Waals surface area contributed by atoms with E-state index in [2.05, 4.69) is 10.3 Å². The molecule has 1 saturated heterocycles. The zero-order chi connectivity index (χ0) is 8.39. The van der Waals surface area contributed by atoms with Crippen LogP contribution in [0.5, 0.6) is 0 Å². The van der Waals surface area contributed by atoms with Crippen molar-refractivity contribution in [2.45, 2.75) is 13.0 Å². The molecule has 1 aliphatic rings. The molecule has 0 N–H and O–H groups in total. The van der Waals surface area contributed by atoms with Crippen molar-refractivity contribution in [2.24, 2.45) is 5.92 Å². The summed E-state index contributed by atoms with van der Waals surface area (Å²) in [6.45, 7) is 2.88. The van der Waals surface area contributed by atoms with Gasteiger partial charge in [0.25, 0.3) is 0 Å². The molecule has 1 aromatic rings. The molecule has 2 rings (SSSR count). The Kier molecular flexibility index (Phi) is 2.28. The number of nitrogens with zero attached hydrogens (tertiary/aromatic N) is 4. The van der Waals surface area contributed by atoms with Gasteiger partial charge in [0.2, 0.25) is 0 Å². The van der Waals surface area contributed by atoms with Crippen LogP contribution in [-0.2, 0) is 6.54 Å². The molecule has 1 aromatic heterocycles. The van der Waals surface area contributed by atoms with Gasteiger partial charge in [-0.1, -0.05) is 5.21 Å². The Morgan fingerprint density at radius 1 is 1.58 bits per heavy atom. The Balaban J connectivity index is 1.88. The third kappa shape index (κ3) is 1.76. The van der Waals surface area contributed by atoms with Crippen molar-refractivity contribution in [3.63, 3.8) is 0 Å². The van der Waals surface area contributed by atoms with Crippen LogP contribution in [0.25, 0.3) is 0 Å². The van der Waals surface area contributed by atoms with Crippen LogP contribution in [0.1, 0.15) is 6.42 Å². The second kappa shape index (κ2) is 3.41. The van der Waals surface area contributed by atoms with Crippen molar-refractivity contribution in [1.29, 1.82) is 0 Å². The Bertz CT molecular complexity index is 236. The molecule has 4 nitrogen and oxygen atoms in total. The van der Waals surface area contributed by atoms with Crippen molar-refractivity contribution >= 4 is 11.8 Å². The summed E-state index contributed by atoms with van der Waals surface area (Å²) in [6, 6.07) is 0. The molecule has 0 saturated carbocycles. The monoisotopic (exact) mass is 186 g/mol. The molecule has 2 heterocycles. The predicted molar refractivity (Wildman–Crippen MR) is 45.6 cm³/mol. The van der Waals surface area contributed by atoms with Crippen LogP contribution < -0.4 is 0 Å². The highest BCUT2D eigenvalue weighted by Gasteiger charge is 2.21. The van der Waals surface area contributed by atoms with Gasteiger partial charge in [0.1, 0.15) is 0 Å². The lowest BCUT2D eigenvalue weighted by molar-refractivity contribution is 0.420. The standard InChI is InChI=1S/C7H11ClN4/c8-11-3-1-7(5-11)6-12-4-2-9-10-12/h2,4,7H,1,3,5-6H2. The van der Waals surface area contributed by atoms with Gasteiger partial charge in [-0.25, -0.2) is 4.42 Å². The fraction of sp³-hybridized carbons (Fsp3) is 0.714. The van der Waals surface area contributed by atoms with E-state index in [1.165, 1.54) is 0 Å². The smallest absolute Gasteiger partial charge is 0.0692 e. The highest BCUT2D eigenvalue weighted by atomic mass is 35.5. The van der Waals surface area contributed by atoms with E-state index in [9.17, 15) is 0 Å². The Labute approximate surface area is 76.2 Å². The first-order chi connectivity index (χ1) is 5.84. The Hall–Kier alpha value is -0.610. The van der Waals surface area contributed by atoms with E-state index in [-0.39, 0.29) is 0 Å². The minimum absolute atomic E-state index is 0.629. The number of aromatic nitrogens is 3. The molecular formula is C7H11ClN4. The van der Waals surface area contributed by atoms with Crippen molar-refractivity contribution in [2.75, 3.05) is 13.1 Å². The number of hydrogen-bond acceptors (Lipinski definition) is 3. The lowest BCUT2D eigenvalue weighted by Gasteiger charge is -2.07. The van der Waals surface area contributed by atoms with Gasteiger partial charge in [0.15, 0.2) is 0 Å². The van der Waals surface area contributed by atoms with E-state index < -0.39 is 0 Å². The minimum Gasteiger partial charge on any atom is -0.252 e. The highest BCUT2D eigenvalue weighted by Crippen LogP contribution is 2.18. The maximum absolute atomic E-state index is 5.84. The fourth-order valence-electron chi connectivity index (χ4n) is 1.53. The first-order valence-electron chi connectivity index (χ1n) is 4.09. The normalized spacial score (nSPS) is 24.9. The second-order valence-corrected chi connectivity index (χ2v) is 3.63. The van der Waals surface area contributed by atoms with Gasteiger partial charge in [0, 0.05) is 25.8 Å². The zero-order valence-corrected chi connectivity index (χ0v) is 7.48. The topological polar surface area (TPSA) is 34.0 Å². The van der Waals surface area contributed by atoms with Gasteiger partial charge in [-0.15, -0.1) is 5.10 Å². The number of rotatable bonds is 2. The molecule has 5 heteroatoms. The summed E-state index contributed by atoms with van der Waals surface area (Å²) in [6.07, 6.45) is 4.74. The van der Waals surface area contributed by atoms with Crippen LogP contribution >= 0.6 is 11.8 Å². The second-order valence-electron chi connectivity index (χ2n) is 3.15. The average molecular weight is 187 g/mol. The molecule has 66 valence electrons. The fourth-order valence-corrected chi connectivity index (χ4v) is 1.82. The average Bonchev–Trinajstić information content (AvgIpc) is 2.63. The number of halogens is 1. The molecule has 12 heavy (non-hydrogen) atoms. The molecule has 1 unspecified atom stereocenters. The lowest BCUT2D eigenvalue weighted by atomic mass is 10.1. The van der Waals surface area contributed by atoms with Gasteiger partial charge in [-0.2, -0.15) is 0 Å². The van der Waals surface area contributed by atoms with E-state index >= 15 is 0 Å². The molecule has 1 fully saturated rings. The van der Waals surface area contributed by atoms with Gasteiger partial charge in [0.05, 0.1) is 6.20 Å². The first-order valence-corrected chi connectivity index (χ1v) is 4.43. The maximum atomic E-state index is 5.84. The molecule has 0 aromatic carbocycles. The van der Waals surface area contributed by atoms with Crippen LogP contribution in [0.15, 0.2) is 12.4 Å². The van der Waals surface area contributed by atoms with Gasteiger partial charge >= 0.3 is 0 Å². The van der Waals surface area contributed by atoms with E-state index in [4.69, 9.17) is 11.8 Å². The summed E-state index contributed by atoms with van der Waals surface area (Å²) in [4.78, 5) is 0. The van der Waals surface area contributed by atoms with Crippen LogP contribution in [0.3, 0.4) is 0 Å². The Morgan fingerprint density at radius 3 is 3.08 bits per heavy atom. The molecule has 0 spiro atoms. The summed E-state index contributed by atoms with van der Waals surface area (Å²) in [5.41, 5.74) is 0. The highest BCUT2D eigenvalue weighted by molar-refractivity contribution is 6.13. The number of hydrogen-bond donors (Lipinski definition) is 0. The molecule has 1 atom stereocenters. The predicted octanol–water partition coefficient (Wildman–Crippen LogP) is 0.754. The van der Waals surface area contributed by atoms with Gasteiger partial charge < -0.3 is 0 Å². The van der Waals surface area contributed by atoms with Crippen LogP contribution in [0.4, 0.5) is 0 Å². The molecular weight excluding hydrogens is 176 g/mol. The molecule has 0 aliphatic carbocycles. The van der Waals surface area contributed by atoms with Gasteiger partial charge in [-0.3, -0.25) is 4.68 Å². The quantitative estimate of drug-likeness (QED) is 0.640. The third-order valence-electron chi connectivity index (χ3n) is 2.15. The molecule has 0 amide bonds. The first kappa shape index (κ1) is 8.01. The molecule has 0 radical (unpaired) electrons. The van der Waals surface area contributed by atoms with Gasteiger partial charge in [-0.05, 0) is 24.1 Å². The summed E-state index contributed by atoms with van der Waals surface area (Å²) in [7, 11) is 0. The third-order valence-corrected chi connectivity index (χ3v) is 2.46. The van der Waals surface area contributed by atoms with Crippen LogP contribution in [0, 0.1) is 5.92 Å². The van der Waals surface area contributed by atoms with E-state index in [1.807, 2.05) is 15.3 Å². The van der Waals surface area contributed by atoms with Crippen LogP contribution in [-0.4, -0.2) is 32.5 Å². The lowest BCUT2D eigenvalue weighted by Crippen LogP contribution is -2.14. The largest absolute Gasteiger partial charge is 0.252 e. The Morgan fingerprint density at radius 2 is 2.50 bits per heavy atom. The summed E-state index contributed by atoms with van der Waals surface area (Å²) >= 11 is 5.84. The van der Waals surface area contributed by atoms with Crippen molar-refractivity contribution in [3.8, 4) is 0 Å². The summed E-state index contributed by atoms with van der Waals surface area (Å²) in [5, 5.41) is 7.66. The SMILES string of the molecule is ClN1CCC(Cn2ccnn2)C1. The molecule has 1 aliphatic heterocycles. The van der Waals surface area contributed by atoms with Crippen molar-refractivity contribution in [1.82, 2.24) is 19.4 Å². The van der Waals surface area contributed by atoms with Crippen molar-refractivity contribution < 1.29 is 0 Å². The summed E-state index contributed by atoms with van der Waals surface area (Å²) < 4.78 is 3.70. The molecule has 0 bridgehead atoms. The van der Waals surface area contributed by atoms with E-state index in [0.717, 1.165) is 26.1 Å². The van der Waals surface area contributed by atoms with E-state index in [1.54, 1.807) is 6.20 Å².